The van der Waals surface area contributed by atoms with Crippen molar-refractivity contribution in [3.05, 3.63) is 48.0 Å². The van der Waals surface area contributed by atoms with E-state index in [-0.39, 0.29) is 11.3 Å². The van der Waals surface area contributed by atoms with Crippen molar-refractivity contribution < 1.29 is 10.0 Å². The number of benzene rings is 2. The lowest BCUT2D eigenvalue weighted by atomic mass is 10.1. The number of hydroxylamine groups is 2. The summed E-state index contributed by atoms with van der Waals surface area (Å²) in [6.45, 7) is 3.05. The molecule has 0 spiro atoms. The maximum atomic E-state index is 11.5. The molecule has 22 heavy (non-hydrogen) atoms. The molecule has 1 fully saturated rings. The Balaban J connectivity index is 1.94. The van der Waals surface area contributed by atoms with Gasteiger partial charge in [0.05, 0.1) is 5.75 Å². The fraction of sp³-hybridized carbons (Fsp3) is 0.235. The van der Waals surface area contributed by atoms with Gasteiger partial charge in [0.2, 0.25) is 0 Å². The van der Waals surface area contributed by atoms with Crippen molar-refractivity contribution in [3.8, 4) is 0 Å². The number of nitrogens with zero attached hydrogens (tertiary/aromatic N) is 2. The molecular weight excluding hydrogens is 296 g/mol. The highest BCUT2D eigenvalue weighted by Crippen LogP contribution is 2.39. The van der Waals surface area contributed by atoms with Crippen molar-refractivity contribution in [2.24, 2.45) is 0 Å². The van der Waals surface area contributed by atoms with E-state index >= 15 is 0 Å². The number of carbonyl (C=O) groups is 1. The van der Waals surface area contributed by atoms with E-state index in [0.29, 0.717) is 5.75 Å². The number of para-hydroxylation sites is 1. The second-order valence-corrected chi connectivity index (χ2v) is 6.51. The van der Waals surface area contributed by atoms with Crippen LogP contribution >= 0.6 is 11.8 Å². The first-order valence-corrected chi connectivity index (χ1v) is 8.39. The van der Waals surface area contributed by atoms with Crippen LogP contribution in [0.25, 0.3) is 21.8 Å². The summed E-state index contributed by atoms with van der Waals surface area (Å²) in [5, 5.41) is 12.8. The van der Waals surface area contributed by atoms with Gasteiger partial charge in [0.15, 0.2) is 0 Å². The number of amides is 1. The normalized spacial score (nSPS) is 18.7. The molecule has 1 aliphatic rings. The lowest BCUT2D eigenvalue weighted by Gasteiger charge is -2.17. The predicted molar refractivity (Wildman–Crippen MR) is 88.9 cm³/mol. The topological polar surface area (TPSA) is 45.5 Å². The Morgan fingerprint density at radius 1 is 1.18 bits per heavy atom. The van der Waals surface area contributed by atoms with Gasteiger partial charge in [0.1, 0.15) is 5.37 Å². The minimum absolute atomic E-state index is 0.230. The number of hydrogen-bond donors (Lipinski definition) is 1. The monoisotopic (exact) mass is 312 g/mol. The van der Waals surface area contributed by atoms with Crippen LogP contribution in [-0.4, -0.2) is 26.5 Å². The maximum absolute atomic E-state index is 11.5. The lowest BCUT2D eigenvalue weighted by molar-refractivity contribution is -0.162. The van der Waals surface area contributed by atoms with Gasteiger partial charge in [0, 0.05) is 28.4 Å². The van der Waals surface area contributed by atoms with Crippen molar-refractivity contribution in [2.45, 2.75) is 18.8 Å². The predicted octanol–water partition coefficient (Wildman–Crippen LogP) is 3.78. The number of carbonyl (C=O) groups excluding carboxylic acids is 1. The highest BCUT2D eigenvalue weighted by atomic mass is 32.2. The van der Waals surface area contributed by atoms with Gasteiger partial charge in [-0.15, -0.1) is 11.8 Å². The van der Waals surface area contributed by atoms with Gasteiger partial charge in [-0.25, -0.2) is 5.06 Å². The molecule has 3 aromatic rings. The Hall–Kier alpha value is -1.98. The van der Waals surface area contributed by atoms with Crippen molar-refractivity contribution in [1.82, 2.24) is 9.63 Å². The lowest BCUT2D eigenvalue weighted by Crippen LogP contribution is -2.23. The van der Waals surface area contributed by atoms with Crippen molar-refractivity contribution in [1.29, 1.82) is 0 Å². The third-order valence-corrected chi connectivity index (χ3v) is 5.44. The Morgan fingerprint density at radius 2 is 1.95 bits per heavy atom. The average molecular weight is 312 g/mol. The quantitative estimate of drug-likeness (QED) is 0.733. The summed E-state index contributed by atoms with van der Waals surface area (Å²) in [6, 6.07) is 14.5. The second kappa shape index (κ2) is 5.04. The van der Waals surface area contributed by atoms with Gasteiger partial charge in [-0.3, -0.25) is 10.0 Å². The summed E-state index contributed by atoms with van der Waals surface area (Å²) >= 11 is 1.46. The van der Waals surface area contributed by atoms with Crippen LogP contribution < -0.4 is 0 Å². The molecule has 2 aromatic carbocycles. The molecule has 0 aliphatic carbocycles. The van der Waals surface area contributed by atoms with Gasteiger partial charge < -0.3 is 4.57 Å². The molecule has 1 saturated heterocycles. The molecule has 0 bridgehead atoms. The van der Waals surface area contributed by atoms with Crippen LogP contribution in [0.1, 0.15) is 17.9 Å². The van der Waals surface area contributed by atoms with E-state index in [2.05, 4.69) is 41.8 Å². The number of aryl methyl sites for hydroxylation is 1. The summed E-state index contributed by atoms with van der Waals surface area (Å²) in [7, 11) is 0. The molecular formula is C17H16N2O2S. The number of aromatic nitrogens is 1. The van der Waals surface area contributed by atoms with Crippen LogP contribution in [-0.2, 0) is 11.3 Å². The molecule has 1 N–H and O–H groups in total. The highest BCUT2D eigenvalue weighted by molar-refractivity contribution is 8.00. The first-order valence-electron chi connectivity index (χ1n) is 7.34. The zero-order chi connectivity index (χ0) is 15.3. The van der Waals surface area contributed by atoms with Crippen LogP contribution in [0.4, 0.5) is 0 Å². The van der Waals surface area contributed by atoms with E-state index in [1.807, 2.05) is 12.1 Å². The third-order valence-electron chi connectivity index (χ3n) is 4.24. The fourth-order valence-corrected chi connectivity index (χ4v) is 4.25. The molecule has 0 saturated carbocycles. The molecule has 1 aliphatic heterocycles. The summed E-state index contributed by atoms with van der Waals surface area (Å²) in [4.78, 5) is 11.5. The van der Waals surface area contributed by atoms with Gasteiger partial charge in [-0.1, -0.05) is 24.3 Å². The number of fused-ring (bicyclic) bond motifs is 3. The minimum atomic E-state index is -0.305. The number of thioether (sulfide) groups is 1. The molecule has 1 amide bonds. The third kappa shape index (κ3) is 1.86. The minimum Gasteiger partial charge on any atom is -0.341 e. The molecule has 112 valence electrons. The van der Waals surface area contributed by atoms with E-state index < -0.39 is 0 Å². The molecule has 1 atom stereocenters. The maximum Gasteiger partial charge on any atom is 0.257 e. The van der Waals surface area contributed by atoms with Crippen molar-refractivity contribution in [3.63, 3.8) is 0 Å². The zero-order valence-corrected chi connectivity index (χ0v) is 13.0. The molecule has 1 aromatic heterocycles. The summed E-state index contributed by atoms with van der Waals surface area (Å²) in [6.07, 6.45) is 0. The Kier molecular flexibility index (Phi) is 3.13. The summed E-state index contributed by atoms with van der Waals surface area (Å²) < 4.78 is 2.29. The van der Waals surface area contributed by atoms with E-state index in [9.17, 15) is 10.0 Å². The van der Waals surface area contributed by atoms with Crippen molar-refractivity contribution in [2.75, 3.05) is 5.75 Å². The van der Waals surface area contributed by atoms with Crippen LogP contribution in [0, 0.1) is 0 Å². The van der Waals surface area contributed by atoms with Crippen LogP contribution in [0.5, 0.6) is 0 Å². The van der Waals surface area contributed by atoms with E-state index in [4.69, 9.17) is 0 Å². The van der Waals surface area contributed by atoms with Gasteiger partial charge in [-0.05, 0) is 30.7 Å². The smallest absolute Gasteiger partial charge is 0.257 e. The molecule has 2 heterocycles. The van der Waals surface area contributed by atoms with Gasteiger partial charge in [0.25, 0.3) is 5.91 Å². The van der Waals surface area contributed by atoms with E-state index in [1.165, 1.54) is 33.6 Å². The zero-order valence-electron chi connectivity index (χ0n) is 12.2. The average Bonchev–Trinajstić information content (AvgIpc) is 3.05. The SMILES string of the molecule is CCn1c2ccccc2c2cc(C3SCC(=O)N3O)ccc21. The van der Waals surface area contributed by atoms with Gasteiger partial charge >= 0.3 is 0 Å². The van der Waals surface area contributed by atoms with Crippen LogP contribution in [0.2, 0.25) is 0 Å². The Labute approximate surface area is 132 Å². The molecule has 0 radical (unpaired) electrons. The first kappa shape index (κ1) is 13.7. The van der Waals surface area contributed by atoms with Crippen LogP contribution in [0.3, 0.4) is 0 Å². The largest absolute Gasteiger partial charge is 0.341 e. The van der Waals surface area contributed by atoms with E-state index in [0.717, 1.165) is 17.2 Å². The Bertz CT molecular complexity index is 887. The summed E-state index contributed by atoms with van der Waals surface area (Å²) in [5.41, 5.74) is 3.37. The second-order valence-electron chi connectivity index (χ2n) is 5.44. The van der Waals surface area contributed by atoms with Crippen molar-refractivity contribution >= 4 is 39.5 Å². The first-order chi connectivity index (χ1) is 10.7. The fourth-order valence-electron chi connectivity index (χ4n) is 3.22. The molecule has 1 unspecified atom stereocenters. The van der Waals surface area contributed by atoms with Gasteiger partial charge in [-0.2, -0.15) is 0 Å². The Morgan fingerprint density at radius 3 is 2.68 bits per heavy atom. The highest BCUT2D eigenvalue weighted by Gasteiger charge is 2.32. The standard InChI is InChI=1S/C17H16N2O2S/c1-2-18-14-6-4-3-5-12(14)13-9-11(7-8-15(13)18)17-19(21)16(20)10-22-17/h3-9,17,21H,2,10H2,1H3. The number of rotatable bonds is 2. The summed E-state index contributed by atoms with van der Waals surface area (Å²) in [5.74, 6) is 0.0988. The van der Waals surface area contributed by atoms with Crippen LogP contribution in [0.15, 0.2) is 42.5 Å². The van der Waals surface area contributed by atoms with E-state index in [1.54, 1.807) is 0 Å². The number of hydrogen-bond acceptors (Lipinski definition) is 3. The molecule has 4 rings (SSSR count). The molecule has 4 nitrogen and oxygen atoms in total. The molecule has 5 heteroatoms.